The molecule has 0 fully saturated rings. The van der Waals surface area contributed by atoms with E-state index in [1.54, 1.807) is 31.2 Å². The number of aryl methyl sites for hydroxylation is 1. The molecule has 0 unspecified atom stereocenters. The number of carboxylic acid groups (broad SMARTS) is 1. The molecule has 0 radical (unpaired) electrons. The van der Waals surface area contributed by atoms with Gasteiger partial charge in [0, 0.05) is 10.2 Å². The van der Waals surface area contributed by atoms with E-state index >= 15 is 0 Å². The van der Waals surface area contributed by atoms with Crippen LogP contribution in [-0.4, -0.2) is 17.0 Å². The Labute approximate surface area is 134 Å². The second-order valence-electron chi connectivity index (χ2n) is 4.41. The zero-order chi connectivity index (χ0) is 15.6. The Morgan fingerprint density at radius 1 is 1.19 bits per heavy atom. The largest absolute Gasteiger partial charge is 0.478 e. The number of carbonyl (C=O) groups excluding carboxylic acids is 1. The fourth-order valence-corrected chi connectivity index (χ4v) is 2.51. The van der Waals surface area contributed by atoms with Crippen LogP contribution in [0.15, 0.2) is 40.9 Å². The van der Waals surface area contributed by atoms with E-state index in [1.165, 1.54) is 12.1 Å². The van der Waals surface area contributed by atoms with E-state index in [1.807, 2.05) is 0 Å². The van der Waals surface area contributed by atoms with Crippen molar-refractivity contribution in [2.24, 2.45) is 0 Å². The van der Waals surface area contributed by atoms with Gasteiger partial charge in [-0.25, -0.2) is 4.79 Å². The third kappa shape index (κ3) is 3.62. The maximum atomic E-state index is 12.2. The summed E-state index contributed by atoms with van der Waals surface area (Å²) in [6, 6.07) is 9.47. The van der Waals surface area contributed by atoms with Crippen LogP contribution in [-0.2, 0) is 0 Å². The minimum absolute atomic E-state index is 0.109. The number of hydrogen-bond donors (Lipinski definition) is 2. The van der Waals surface area contributed by atoms with E-state index in [2.05, 4.69) is 21.2 Å². The van der Waals surface area contributed by atoms with E-state index in [4.69, 9.17) is 16.7 Å². The summed E-state index contributed by atoms with van der Waals surface area (Å²) < 4.78 is 0.771. The third-order valence-corrected chi connectivity index (χ3v) is 3.71. The molecule has 0 heterocycles. The Hall–Kier alpha value is -1.85. The molecule has 108 valence electrons. The van der Waals surface area contributed by atoms with Gasteiger partial charge < -0.3 is 10.4 Å². The van der Waals surface area contributed by atoms with E-state index < -0.39 is 11.9 Å². The summed E-state index contributed by atoms with van der Waals surface area (Å²) in [5.41, 5.74) is 1.64. The van der Waals surface area contributed by atoms with Crippen LogP contribution in [0.4, 0.5) is 5.69 Å². The first-order valence-electron chi connectivity index (χ1n) is 5.99. The Bertz CT molecular complexity index is 731. The standard InChI is InChI=1S/C15H11BrClNO3/c1-8-2-3-9(15(20)21)6-13(8)18-14(19)11-5-4-10(16)7-12(11)17/h2-7H,1H3,(H,18,19)(H,20,21). The highest BCUT2D eigenvalue weighted by Gasteiger charge is 2.13. The van der Waals surface area contributed by atoms with Crippen LogP contribution in [0.2, 0.25) is 5.02 Å². The Balaban J connectivity index is 2.31. The Morgan fingerprint density at radius 3 is 2.52 bits per heavy atom. The molecule has 21 heavy (non-hydrogen) atoms. The molecule has 2 N–H and O–H groups in total. The molecule has 0 saturated heterocycles. The number of halogens is 2. The SMILES string of the molecule is Cc1ccc(C(=O)O)cc1NC(=O)c1ccc(Br)cc1Cl. The summed E-state index contributed by atoms with van der Waals surface area (Å²) in [5.74, 6) is -1.44. The van der Waals surface area contributed by atoms with Crippen LogP contribution in [0, 0.1) is 6.92 Å². The van der Waals surface area contributed by atoms with Crippen molar-refractivity contribution >= 4 is 45.1 Å². The summed E-state index contributed by atoms with van der Waals surface area (Å²) in [7, 11) is 0. The number of aromatic carboxylic acids is 1. The second kappa shape index (κ2) is 6.28. The van der Waals surface area contributed by atoms with Crippen LogP contribution in [0.3, 0.4) is 0 Å². The molecule has 1 amide bonds. The molecule has 2 aromatic carbocycles. The molecule has 0 atom stereocenters. The predicted molar refractivity (Wildman–Crippen MR) is 85.2 cm³/mol. The van der Waals surface area contributed by atoms with E-state index in [-0.39, 0.29) is 5.56 Å². The van der Waals surface area contributed by atoms with Crippen LogP contribution >= 0.6 is 27.5 Å². The molecule has 6 heteroatoms. The molecular formula is C15H11BrClNO3. The van der Waals surface area contributed by atoms with Crippen molar-refractivity contribution in [3.05, 3.63) is 62.6 Å². The number of nitrogens with one attached hydrogen (secondary N) is 1. The molecule has 2 rings (SSSR count). The van der Waals surface area contributed by atoms with Gasteiger partial charge in [-0.2, -0.15) is 0 Å². The molecule has 0 aliphatic rings. The van der Waals surface area contributed by atoms with Crippen molar-refractivity contribution in [1.29, 1.82) is 0 Å². The average molecular weight is 369 g/mol. The lowest BCUT2D eigenvalue weighted by Crippen LogP contribution is -2.14. The van der Waals surface area contributed by atoms with Crippen molar-refractivity contribution in [1.82, 2.24) is 0 Å². The molecular weight excluding hydrogens is 358 g/mol. The number of rotatable bonds is 3. The fraction of sp³-hybridized carbons (Fsp3) is 0.0667. The van der Waals surface area contributed by atoms with Gasteiger partial charge in [-0.15, -0.1) is 0 Å². The lowest BCUT2D eigenvalue weighted by atomic mass is 10.1. The Kier molecular flexibility index (Phi) is 4.65. The first-order valence-corrected chi connectivity index (χ1v) is 7.16. The summed E-state index contributed by atoms with van der Waals surface area (Å²) in [5, 5.41) is 12.0. The number of benzene rings is 2. The quantitative estimate of drug-likeness (QED) is 0.846. The topological polar surface area (TPSA) is 66.4 Å². The van der Waals surface area contributed by atoms with Gasteiger partial charge in [-0.1, -0.05) is 33.6 Å². The van der Waals surface area contributed by atoms with Gasteiger partial charge in [-0.3, -0.25) is 4.79 Å². The maximum Gasteiger partial charge on any atom is 0.335 e. The van der Waals surface area contributed by atoms with Gasteiger partial charge in [0.2, 0.25) is 0 Å². The summed E-state index contributed by atoms with van der Waals surface area (Å²) in [6.45, 7) is 1.78. The van der Waals surface area contributed by atoms with Crippen LogP contribution in [0.5, 0.6) is 0 Å². The number of anilines is 1. The van der Waals surface area contributed by atoms with E-state index in [9.17, 15) is 9.59 Å². The summed E-state index contributed by atoms with van der Waals surface area (Å²) in [6.07, 6.45) is 0. The highest BCUT2D eigenvalue weighted by Crippen LogP contribution is 2.23. The van der Waals surface area contributed by atoms with Crippen molar-refractivity contribution < 1.29 is 14.7 Å². The van der Waals surface area contributed by atoms with Gasteiger partial charge in [-0.05, 0) is 42.8 Å². The van der Waals surface area contributed by atoms with Crippen LogP contribution < -0.4 is 5.32 Å². The van der Waals surface area contributed by atoms with Gasteiger partial charge in [0.05, 0.1) is 16.1 Å². The Morgan fingerprint density at radius 2 is 1.90 bits per heavy atom. The number of amides is 1. The van der Waals surface area contributed by atoms with E-state index in [0.717, 1.165) is 10.0 Å². The molecule has 4 nitrogen and oxygen atoms in total. The first kappa shape index (κ1) is 15.5. The van der Waals surface area contributed by atoms with Gasteiger partial charge in [0.15, 0.2) is 0 Å². The van der Waals surface area contributed by atoms with Crippen molar-refractivity contribution in [3.8, 4) is 0 Å². The minimum Gasteiger partial charge on any atom is -0.478 e. The molecule has 0 saturated carbocycles. The number of carbonyl (C=O) groups is 2. The second-order valence-corrected chi connectivity index (χ2v) is 5.74. The van der Waals surface area contributed by atoms with Crippen LogP contribution in [0.25, 0.3) is 0 Å². The summed E-state index contributed by atoms with van der Waals surface area (Å²) >= 11 is 9.30. The zero-order valence-electron chi connectivity index (χ0n) is 11.0. The average Bonchev–Trinajstić information content (AvgIpc) is 2.40. The van der Waals surface area contributed by atoms with Gasteiger partial charge in [0.25, 0.3) is 5.91 Å². The molecule has 2 aromatic rings. The number of carboxylic acids is 1. The number of hydrogen-bond acceptors (Lipinski definition) is 2. The monoisotopic (exact) mass is 367 g/mol. The van der Waals surface area contributed by atoms with Crippen molar-refractivity contribution in [3.63, 3.8) is 0 Å². The minimum atomic E-state index is -1.05. The van der Waals surface area contributed by atoms with Crippen molar-refractivity contribution in [2.75, 3.05) is 5.32 Å². The maximum absolute atomic E-state index is 12.2. The molecule has 0 bridgehead atoms. The normalized spacial score (nSPS) is 10.2. The molecule has 0 aliphatic heterocycles. The fourth-order valence-electron chi connectivity index (χ4n) is 1.75. The summed E-state index contributed by atoms with van der Waals surface area (Å²) in [4.78, 5) is 23.2. The highest BCUT2D eigenvalue weighted by atomic mass is 79.9. The molecule has 0 aliphatic carbocycles. The molecule has 0 spiro atoms. The lowest BCUT2D eigenvalue weighted by Gasteiger charge is -2.10. The smallest absolute Gasteiger partial charge is 0.335 e. The molecule has 0 aromatic heterocycles. The third-order valence-electron chi connectivity index (χ3n) is 2.91. The van der Waals surface area contributed by atoms with E-state index in [0.29, 0.717) is 16.3 Å². The van der Waals surface area contributed by atoms with Crippen molar-refractivity contribution in [2.45, 2.75) is 6.92 Å². The van der Waals surface area contributed by atoms with Gasteiger partial charge >= 0.3 is 5.97 Å². The zero-order valence-corrected chi connectivity index (χ0v) is 13.3. The first-order chi connectivity index (χ1) is 9.88. The predicted octanol–water partition coefficient (Wildman–Crippen LogP) is 4.36. The van der Waals surface area contributed by atoms with Crippen LogP contribution in [0.1, 0.15) is 26.3 Å². The van der Waals surface area contributed by atoms with Gasteiger partial charge in [0.1, 0.15) is 0 Å². The highest BCUT2D eigenvalue weighted by molar-refractivity contribution is 9.10. The lowest BCUT2D eigenvalue weighted by molar-refractivity contribution is 0.0696.